The standard InChI is InChI=1S/C27H26N4O3/c1-19-16-21(20(2)31(19)25-11-7-6-10-24(25)27(33)34)17-22(18-28)26(32)30-14-12-29(13-15-30)23-8-4-3-5-9-23/h3-11,16-17H,12-15H2,1-2H3,(H,33,34)/b22-17-. The minimum atomic E-state index is -1.01. The molecule has 1 amide bonds. The van der Waals surface area contributed by atoms with Gasteiger partial charge >= 0.3 is 5.97 Å². The molecule has 0 spiro atoms. The van der Waals surface area contributed by atoms with Gasteiger partial charge in [-0.05, 0) is 55.8 Å². The minimum Gasteiger partial charge on any atom is -0.478 e. The first-order valence-electron chi connectivity index (χ1n) is 11.1. The Labute approximate surface area is 198 Å². The predicted octanol–water partition coefficient (Wildman–Crippen LogP) is 4.05. The van der Waals surface area contributed by atoms with E-state index in [0.717, 1.165) is 17.1 Å². The number of rotatable bonds is 5. The highest BCUT2D eigenvalue weighted by atomic mass is 16.4. The second kappa shape index (κ2) is 9.67. The van der Waals surface area contributed by atoms with Crippen LogP contribution in [0.25, 0.3) is 11.8 Å². The SMILES string of the molecule is Cc1cc(/C=C(/C#N)C(=O)N2CCN(c3ccccc3)CC2)c(C)n1-c1ccccc1C(=O)O. The fourth-order valence-electron chi connectivity index (χ4n) is 4.43. The number of carboxylic acids is 1. The zero-order valence-electron chi connectivity index (χ0n) is 19.2. The van der Waals surface area contributed by atoms with E-state index in [1.54, 1.807) is 35.2 Å². The van der Waals surface area contributed by atoms with E-state index in [1.165, 1.54) is 0 Å². The van der Waals surface area contributed by atoms with Gasteiger partial charge in [0, 0.05) is 43.3 Å². The van der Waals surface area contributed by atoms with Crippen LogP contribution in [0.1, 0.15) is 27.3 Å². The zero-order chi connectivity index (χ0) is 24.2. The van der Waals surface area contributed by atoms with Crippen LogP contribution in [-0.2, 0) is 4.79 Å². The largest absolute Gasteiger partial charge is 0.478 e. The molecule has 0 unspecified atom stereocenters. The molecule has 172 valence electrons. The van der Waals surface area contributed by atoms with Gasteiger partial charge in [-0.1, -0.05) is 30.3 Å². The van der Waals surface area contributed by atoms with Crippen molar-refractivity contribution in [2.75, 3.05) is 31.1 Å². The Balaban J connectivity index is 1.57. The van der Waals surface area contributed by atoms with Crippen molar-refractivity contribution >= 4 is 23.6 Å². The molecular formula is C27H26N4O3. The maximum atomic E-state index is 13.1. The van der Waals surface area contributed by atoms with Crippen molar-refractivity contribution in [3.8, 4) is 11.8 Å². The van der Waals surface area contributed by atoms with Crippen LogP contribution in [0.2, 0.25) is 0 Å². The van der Waals surface area contributed by atoms with Gasteiger partial charge in [0.05, 0.1) is 11.3 Å². The van der Waals surface area contributed by atoms with Crippen LogP contribution in [0, 0.1) is 25.2 Å². The van der Waals surface area contributed by atoms with Gasteiger partial charge in [0.1, 0.15) is 11.6 Å². The van der Waals surface area contributed by atoms with E-state index in [-0.39, 0.29) is 17.0 Å². The monoisotopic (exact) mass is 454 g/mol. The lowest BCUT2D eigenvalue weighted by Gasteiger charge is -2.36. The first kappa shape index (κ1) is 22.9. The molecule has 7 nitrogen and oxygen atoms in total. The molecule has 0 aliphatic carbocycles. The van der Waals surface area contributed by atoms with E-state index in [9.17, 15) is 20.0 Å². The van der Waals surface area contributed by atoms with Crippen LogP contribution >= 0.6 is 0 Å². The lowest BCUT2D eigenvalue weighted by molar-refractivity contribution is -0.126. The minimum absolute atomic E-state index is 0.0694. The average Bonchev–Trinajstić information content (AvgIpc) is 3.15. The van der Waals surface area contributed by atoms with Crippen LogP contribution in [0.15, 0.2) is 66.2 Å². The molecule has 1 aliphatic heterocycles. The second-order valence-corrected chi connectivity index (χ2v) is 8.27. The van der Waals surface area contributed by atoms with Gasteiger partial charge in [-0.25, -0.2) is 4.79 Å². The van der Waals surface area contributed by atoms with E-state index in [2.05, 4.69) is 23.1 Å². The molecule has 4 rings (SSSR count). The molecule has 1 fully saturated rings. The summed E-state index contributed by atoms with van der Waals surface area (Å²) in [5, 5.41) is 19.3. The Kier molecular flexibility index (Phi) is 6.51. The molecule has 0 radical (unpaired) electrons. The summed E-state index contributed by atoms with van der Waals surface area (Å²) < 4.78 is 1.84. The van der Waals surface area contributed by atoms with E-state index in [4.69, 9.17) is 0 Å². The number of benzene rings is 2. The van der Waals surface area contributed by atoms with Crippen LogP contribution in [0.4, 0.5) is 5.69 Å². The number of amides is 1. The summed E-state index contributed by atoms with van der Waals surface area (Å²) in [5.74, 6) is -1.30. The van der Waals surface area contributed by atoms with Crippen molar-refractivity contribution < 1.29 is 14.7 Å². The highest BCUT2D eigenvalue weighted by molar-refractivity contribution is 6.02. The molecule has 2 aromatic carbocycles. The Morgan fingerprint density at radius 1 is 0.971 bits per heavy atom. The summed E-state index contributed by atoms with van der Waals surface area (Å²) in [7, 11) is 0. The molecule has 3 aromatic rings. The van der Waals surface area contributed by atoms with Gasteiger partial charge in [0.25, 0.3) is 5.91 Å². The van der Waals surface area contributed by atoms with Crippen LogP contribution in [-0.4, -0.2) is 52.6 Å². The fraction of sp³-hybridized carbons (Fsp3) is 0.222. The Morgan fingerprint density at radius 3 is 2.26 bits per heavy atom. The lowest BCUT2D eigenvalue weighted by atomic mass is 10.1. The van der Waals surface area contributed by atoms with Crippen molar-refractivity contribution in [3.63, 3.8) is 0 Å². The number of para-hydroxylation sites is 2. The highest BCUT2D eigenvalue weighted by Gasteiger charge is 2.24. The summed E-state index contributed by atoms with van der Waals surface area (Å²) in [5.41, 5.74) is 4.23. The summed E-state index contributed by atoms with van der Waals surface area (Å²) in [6.07, 6.45) is 1.61. The molecule has 0 atom stereocenters. The molecule has 34 heavy (non-hydrogen) atoms. The van der Waals surface area contributed by atoms with Gasteiger partial charge in [-0.15, -0.1) is 0 Å². The third-order valence-electron chi connectivity index (χ3n) is 6.18. The molecule has 2 heterocycles. The number of carbonyl (C=O) groups is 2. The normalized spacial score (nSPS) is 14.1. The third-order valence-corrected chi connectivity index (χ3v) is 6.18. The topological polar surface area (TPSA) is 89.6 Å². The number of aromatic nitrogens is 1. The van der Waals surface area contributed by atoms with Crippen LogP contribution in [0.5, 0.6) is 0 Å². The van der Waals surface area contributed by atoms with Gasteiger partial charge in [0.2, 0.25) is 0 Å². The number of aromatic carboxylic acids is 1. The van der Waals surface area contributed by atoms with Crippen LogP contribution < -0.4 is 4.90 Å². The van der Waals surface area contributed by atoms with Crippen molar-refractivity contribution in [2.24, 2.45) is 0 Å². The summed E-state index contributed by atoms with van der Waals surface area (Å²) in [4.78, 5) is 28.8. The first-order chi connectivity index (χ1) is 16.4. The van der Waals surface area contributed by atoms with Gasteiger partial charge in [-0.3, -0.25) is 4.79 Å². The maximum absolute atomic E-state index is 13.1. The van der Waals surface area contributed by atoms with Crippen molar-refractivity contribution in [1.82, 2.24) is 9.47 Å². The number of hydrogen-bond donors (Lipinski definition) is 1. The second-order valence-electron chi connectivity index (χ2n) is 8.27. The van der Waals surface area contributed by atoms with E-state index in [1.807, 2.05) is 42.7 Å². The van der Waals surface area contributed by atoms with Gasteiger partial charge < -0.3 is 19.5 Å². The molecular weight excluding hydrogens is 428 g/mol. The van der Waals surface area contributed by atoms with E-state index < -0.39 is 5.97 Å². The number of carboxylic acid groups (broad SMARTS) is 1. The summed E-state index contributed by atoms with van der Waals surface area (Å²) >= 11 is 0. The number of carbonyl (C=O) groups excluding carboxylic acids is 1. The summed E-state index contributed by atoms with van der Waals surface area (Å²) in [6.45, 7) is 6.22. The average molecular weight is 455 g/mol. The molecule has 1 aliphatic rings. The molecule has 1 saturated heterocycles. The number of aryl methyl sites for hydroxylation is 1. The Hall–Kier alpha value is -4.31. The number of hydrogen-bond acceptors (Lipinski definition) is 4. The lowest BCUT2D eigenvalue weighted by Crippen LogP contribution is -2.49. The molecule has 7 heteroatoms. The predicted molar refractivity (Wildman–Crippen MR) is 131 cm³/mol. The van der Waals surface area contributed by atoms with Crippen molar-refractivity contribution in [3.05, 3.63) is 88.8 Å². The molecule has 1 N–H and O–H groups in total. The van der Waals surface area contributed by atoms with Gasteiger partial charge in [-0.2, -0.15) is 5.26 Å². The van der Waals surface area contributed by atoms with Crippen LogP contribution in [0.3, 0.4) is 0 Å². The number of nitrogens with zero attached hydrogens (tertiary/aromatic N) is 4. The first-order valence-corrected chi connectivity index (χ1v) is 11.1. The smallest absolute Gasteiger partial charge is 0.337 e. The quantitative estimate of drug-likeness (QED) is 0.464. The molecule has 0 bridgehead atoms. The number of nitriles is 1. The zero-order valence-corrected chi connectivity index (χ0v) is 19.2. The maximum Gasteiger partial charge on any atom is 0.337 e. The number of piperazine rings is 1. The van der Waals surface area contributed by atoms with Crippen molar-refractivity contribution in [1.29, 1.82) is 5.26 Å². The van der Waals surface area contributed by atoms with E-state index >= 15 is 0 Å². The van der Waals surface area contributed by atoms with Crippen molar-refractivity contribution in [2.45, 2.75) is 13.8 Å². The van der Waals surface area contributed by atoms with Gasteiger partial charge in [0.15, 0.2) is 0 Å². The third kappa shape index (κ3) is 4.44. The Morgan fingerprint density at radius 2 is 1.62 bits per heavy atom. The molecule has 1 aromatic heterocycles. The Bertz CT molecular complexity index is 1290. The summed E-state index contributed by atoms with van der Waals surface area (Å²) in [6, 6.07) is 20.8. The molecule has 0 saturated carbocycles. The van der Waals surface area contributed by atoms with E-state index in [0.29, 0.717) is 37.4 Å². The number of anilines is 1. The highest BCUT2D eigenvalue weighted by Crippen LogP contribution is 2.26. The fourth-order valence-corrected chi connectivity index (χ4v) is 4.43.